The number of likely N-dealkylation sites (tertiary alicyclic amines) is 1. The molecular formula is C14H20N6. The fourth-order valence-corrected chi connectivity index (χ4v) is 2.69. The Balaban J connectivity index is 1.74. The Kier molecular flexibility index (Phi) is 3.64. The van der Waals surface area contributed by atoms with Crippen LogP contribution in [0.4, 0.5) is 5.82 Å². The van der Waals surface area contributed by atoms with Crippen LogP contribution in [-0.2, 0) is 6.54 Å². The number of nitrogens with one attached hydrogen (secondary N) is 1. The monoisotopic (exact) mass is 272 g/mol. The van der Waals surface area contributed by atoms with Gasteiger partial charge in [0.25, 0.3) is 0 Å². The molecule has 1 aliphatic rings. The maximum Gasteiger partial charge on any atom is 0.150 e. The molecule has 0 aliphatic carbocycles. The normalized spacial score (nSPS) is 19.4. The van der Waals surface area contributed by atoms with Crippen molar-refractivity contribution in [2.24, 2.45) is 0 Å². The number of H-pyrrole nitrogens is 1. The first kappa shape index (κ1) is 13.1. The van der Waals surface area contributed by atoms with Gasteiger partial charge in [-0.2, -0.15) is 5.10 Å². The average Bonchev–Trinajstić information content (AvgIpc) is 3.11. The molecule has 1 N–H and O–H groups in total. The van der Waals surface area contributed by atoms with E-state index in [1.165, 1.54) is 6.42 Å². The third-order valence-electron chi connectivity index (χ3n) is 3.76. The number of anilines is 1. The van der Waals surface area contributed by atoms with Gasteiger partial charge in [-0.05, 0) is 31.5 Å². The average molecular weight is 272 g/mol. The minimum absolute atomic E-state index is 0.363. The highest BCUT2D eigenvalue weighted by Gasteiger charge is 2.27. The van der Waals surface area contributed by atoms with Crippen LogP contribution in [0, 0.1) is 0 Å². The maximum atomic E-state index is 4.40. The van der Waals surface area contributed by atoms with E-state index in [-0.39, 0.29) is 0 Å². The summed E-state index contributed by atoms with van der Waals surface area (Å²) in [6, 6.07) is 4.50. The molecule has 0 aromatic carbocycles. The lowest BCUT2D eigenvalue weighted by atomic mass is 10.1. The van der Waals surface area contributed by atoms with Crippen molar-refractivity contribution in [1.82, 2.24) is 25.1 Å². The van der Waals surface area contributed by atoms with Gasteiger partial charge < -0.3 is 9.88 Å². The molecule has 3 heterocycles. The van der Waals surface area contributed by atoms with Gasteiger partial charge in [0.1, 0.15) is 0 Å². The second kappa shape index (κ2) is 5.58. The Morgan fingerprint density at radius 2 is 2.25 bits per heavy atom. The third kappa shape index (κ3) is 2.65. The summed E-state index contributed by atoms with van der Waals surface area (Å²) in [5, 5.41) is 8.69. The Labute approximate surface area is 118 Å². The minimum atomic E-state index is 0.363. The van der Waals surface area contributed by atoms with Gasteiger partial charge >= 0.3 is 0 Å². The van der Waals surface area contributed by atoms with Crippen molar-refractivity contribution in [3.63, 3.8) is 0 Å². The Morgan fingerprint density at radius 1 is 1.35 bits per heavy atom. The van der Waals surface area contributed by atoms with Crippen molar-refractivity contribution >= 4 is 5.82 Å². The van der Waals surface area contributed by atoms with Gasteiger partial charge in [-0.25, -0.2) is 4.98 Å². The molecule has 106 valence electrons. The third-order valence-corrected chi connectivity index (χ3v) is 3.76. The molecule has 6 heteroatoms. The summed E-state index contributed by atoms with van der Waals surface area (Å²) in [5.41, 5.74) is 2.21. The van der Waals surface area contributed by atoms with Crippen LogP contribution >= 0.6 is 0 Å². The SMILES string of the molecule is CN(C)c1ccc(C2CCCN2Cc2cnc[nH]2)nn1. The highest BCUT2D eigenvalue weighted by atomic mass is 15.3. The molecule has 1 unspecified atom stereocenters. The summed E-state index contributed by atoms with van der Waals surface area (Å²) in [6.07, 6.45) is 5.96. The number of nitrogens with zero attached hydrogens (tertiary/aromatic N) is 5. The molecule has 1 atom stereocenters. The molecule has 0 spiro atoms. The van der Waals surface area contributed by atoms with Gasteiger partial charge in [-0.15, -0.1) is 5.10 Å². The number of imidazole rings is 1. The van der Waals surface area contributed by atoms with E-state index in [1.807, 2.05) is 31.3 Å². The number of rotatable bonds is 4. The number of hydrogen-bond acceptors (Lipinski definition) is 5. The van der Waals surface area contributed by atoms with Crippen LogP contribution in [-0.4, -0.2) is 45.7 Å². The topological polar surface area (TPSA) is 60.9 Å². The Morgan fingerprint density at radius 3 is 2.90 bits per heavy atom. The van der Waals surface area contributed by atoms with Crippen LogP contribution < -0.4 is 4.90 Å². The van der Waals surface area contributed by atoms with Crippen molar-refractivity contribution in [3.8, 4) is 0 Å². The first-order valence-electron chi connectivity index (χ1n) is 6.96. The predicted octanol–water partition coefficient (Wildman–Crippen LogP) is 1.60. The number of aromatic nitrogens is 4. The van der Waals surface area contributed by atoms with Crippen LogP contribution in [0.15, 0.2) is 24.7 Å². The summed E-state index contributed by atoms with van der Waals surface area (Å²) in [7, 11) is 3.95. The van der Waals surface area contributed by atoms with E-state index in [2.05, 4.69) is 31.1 Å². The standard InChI is InChI=1S/C14H20N6/c1-19(2)14-6-5-12(17-18-14)13-4-3-7-20(13)9-11-8-15-10-16-11/h5-6,8,10,13H,3-4,7,9H2,1-2H3,(H,15,16). The molecule has 0 saturated carbocycles. The molecule has 3 rings (SSSR count). The van der Waals surface area contributed by atoms with Crippen molar-refractivity contribution in [2.75, 3.05) is 25.5 Å². The lowest BCUT2D eigenvalue weighted by Crippen LogP contribution is -2.24. The molecule has 1 aliphatic heterocycles. The summed E-state index contributed by atoms with van der Waals surface area (Å²) in [5.74, 6) is 0.895. The molecule has 0 radical (unpaired) electrons. The van der Waals surface area contributed by atoms with Gasteiger partial charge in [0, 0.05) is 32.5 Å². The van der Waals surface area contributed by atoms with Gasteiger partial charge in [-0.1, -0.05) is 0 Å². The maximum absolute atomic E-state index is 4.40. The first-order chi connectivity index (χ1) is 9.74. The largest absolute Gasteiger partial charge is 0.361 e. The summed E-state index contributed by atoms with van der Waals surface area (Å²) in [6.45, 7) is 1.99. The number of hydrogen-bond donors (Lipinski definition) is 1. The predicted molar refractivity (Wildman–Crippen MR) is 77.3 cm³/mol. The van der Waals surface area contributed by atoms with Crippen LogP contribution in [0.2, 0.25) is 0 Å². The minimum Gasteiger partial charge on any atom is -0.361 e. The molecule has 6 nitrogen and oxygen atoms in total. The Hall–Kier alpha value is -1.95. The van der Waals surface area contributed by atoms with Crippen LogP contribution in [0.1, 0.15) is 30.3 Å². The van der Waals surface area contributed by atoms with E-state index >= 15 is 0 Å². The van der Waals surface area contributed by atoms with Crippen LogP contribution in [0.25, 0.3) is 0 Å². The highest BCUT2D eigenvalue weighted by Crippen LogP contribution is 2.31. The highest BCUT2D eigenvalue weighted by molar-refractivity contribution is 5.35. The van der Waals surface area contributed by atoms with Crippen molar-refractivity contribution < 1.29 is 0 Å². The molecule has 1 saturated heterocycles. The fraction of sp³-hybridized carbons (Fsp3) is 0.500. The summed E-state index contributed by atoms with van der Waals surface area (Å²) >= 11 is 0. The van der Waals surface area contributed by atoms with Crippen LogP contribution in [0.5, 0.6) is 0 Å². The second-order valence-electron chi connectivity index (χ2n) is 5.42. The van der Waals surface area contributed by atoms with Crippen LogP contribution in [0.3, 0.4) is 0 Å². The van der Waals surface area contributed by atoms with E-state index in [9.17, 15) is 0 Å². The lowest BCUT2D eigenvalue weighted by molar-refractivity contribution is 0.241. The molecular weight excluding hydrogens is 252 g/mol. The second-order valence-corrected chi connectivity index (χ2v) is 5.42. The molecule has 20 heavy (non-hydrogen) atoms. The quantitative estimate of drug-likeness (QED) is 0.916. The molecule has 0 bridgehead atoms. The fourth-order valence-electron chi connectivity index (χ4n) is 2.69. The molecule has 2 aromatic rings. The zero-order valence-electron chi connectivity index (χ0n) is 12.0. The smallest absolute Gasteiger partial charge is 0.150 e. The van der Waals surface area contributed by atoms with Gasteiger partial charge in [0.15, 0.2) is 5.82 Å². The summed E-state index contributed by atoms with van der Waals surface area (Å²) in [4.78, 5) is 11.6. The molecule has 0 amide bonds. The van der Waals surface area contributed by atoms with E-state index in [0.29, 0.717) is 6.04 Å². The van der Waals surface area contributed by atoms with Gasteiger partial charge in [0.2, 0.25) is 0 Å². The van der Waals surface area contributed by atoms with E-state index in [1.54, 1.807) is 6.33 Å². The molecule has 1 fully saturated rings. The van der Waals surface area contributed by atoms with E-state index in [4.69, 9.17) is 0 Å². The zero-order valence-corrected chi connectivity index (χ0v) is 12.0. The Bertz CT molecular complexity index is 533. The van der Waals surface area contributed by atoms with Gasteiger partial charge in [0.05, 0.1) is 18.1 Å². The lowest BCUT2D eigenvalue weighted by Gasteiger charge is -2.23. The van der Waals surface area contributed by atoms with Crippen molar-refractivity contribution in [1.29, 1.82) is 0 Å². The first-order valence-corrected chi connectivity index (χ1v) is 6.96. The van der Waals surface area contributed by atoms with Gasteiger partial charge in [-0.3, -0.25) is 4.90 Å². The van der Waals surface area contributed by atoms with Crippen molar-refractivity contribution in [3.05, 3.63) is 36.0 Å². The molecule has 2 aromatic heterocycles. The number of aromatic amines is 1. The van der Waals surface area contributed by atoms with E-state index in [0.717, 1.165) is 36.7 Å². The zero-order chi connectivity index (χ0) is 13.9. The van der Waals surface area contributed by atoms with Crippen molar-refractivity contribution in [2.45, 2.75) is 25.4 Å². The van der Waals surface area contributed by atoms with E-state index < -0.39 is 0 Å². The summed E-state index contributed by atoms with van der Waals surface area (Å²) < 4.78 is 0.